The number of nitrogens with one attached hydrogen (secondary N) is 2. The molecule has 0 saturated heterocycles. The van der Waals surface area contributed by atoms with Crippen LogP contribution in [-0.2, 0) is 22.7 Å². The summed E-state index contributed by atoms with van der Waals surface area (Å²) in [6.07, 6.45) is 3.51. The Kier molecular flexibility index (Phi) is 9.84. The summed E-state index contributed by atoms with van der Waals surface area (Å²) in [7, 11) is 0. The normalized spacial score (nSPS) is 14.8. The average Bonchev–Trinajstić information content (AvgIpc) is 3.60. The van der Waals surface area contributed by atoms with Crippen LogP contribution in [0.1, 0.15) is 75.5 Å². The lowest BCUT2D eigenvalue weighted by atomic mass is 10.0. The second-order valence-corrected chi connectivity index (χ2v) is 9.75. The third-order valence-electron chi connectivity index (χ3n) is 5.95. The summed E-state index contributed by atoms with van der Waals surface area (Å²) >= 11 is 0. The number of unbranched alkanes of at least 4 members (excludes halogenated alkanes) is 1. The molecule has 1 aromatic heterocycles. The van der Waals surface area contributed by atoms with E-state index in [1.54, 1.807) is 0 Å². The van der Waals surface area contributed by atoms with Gasteiger partial charge in [0.25, 0.3) is 5.89 Å². The molecule has 1 saturated carbocycles. The molecule has 0 unspecified atom stereocenters. The largest absolute Gasteiger partial charge is 0.445 e. The molecule has 2 aromatic rings. The van der Waals surface area contributed by atoms with Gasteiger partial charge < -0.3 is 19.8 Å². The van der Waals surface area contributed by atoms with Crippen molar-refractivity contribution in [2.75, 3.05) is 0 Å². The Morgan fingerprint density at radius 3 is 2.50 bits per heavy atom. The third-order valence-corrected chi connectivity index (χ3v) is 5.95. The summed E-state index contributed by atoms with van der Waals surface area (Å²) in [6.45, 7) is 6.33. The number of rotatable bonds is 14. The molecule has 0 aliphatic heterocycles. The first-order chi connectivity index (χ1) is 17.3. The summed E-state index contributed by atoms with van der Waals surface area (Å²) < 4.78 is 11.6. The first kappa shape index (κ1) is 27.2. The standard InChI is InChI=1S/C26H36N4O6/c1-4-5-11-20(22(31)24-29-30(26(34)36-24)15-18-12-13-18)27-23(32)21(14-17(2)3)28-25(33)35-16-19-9-7-6-8-10-19/h6-10,17-18,20-21H,4-5,11-16H2,1-3H3,(H,27,32)(H,28,33)/t20-,21-/m0/s1. The number of Topliss-reactive ketones (excluding diaryl/α,β-unsaturated/α-hetero) is 1. The van der Waals surface area contributed by atoms with Gasteiger partial charge >= 0.3 is 11.8 Å². The van der Waals surface area contributed by atoms with Gasteiger partial charge in [0, 0.05) is 0 Å². The van der Waals surface area contributed by atoms with Crippen LogP contribution in [0.2, 0.25) is 0 Å². The predicted molar refractivity (Wildman–Crippen MR) is 132 cm³/mol. The molecule has 10 heteroatoms. The highest BCUT2D eigenvalue weighted by Crippen LogP contribution is 2.29. The molecule has 10 nitrogen and oxygen atoms in total. The number of carbonyl (C=O) groups excluding carboxylic acids is 3. The van der Waals surface area contributed by atoms with Crippen LogP contribution in [0.5, 0.6) is 0 Å². The van der Waals surface area contributed by atoms with Crippen molar-refractivity contribution in [2.45, 2.75) is 84.5 Å². The van der Waals surface area contributed by atoms with Crippen LogP contribution in [-0.4, -0.2) is 39.6 Å². The third kappa shape index (κ3) is 8.35. The molecule has 2 atom stereocenters. The lowest BCUT2D eigenvalue weighted by molar-refractivity contribution is -0.124. The van der Waals surface area contributed by atoms with Crippen LogP contribution >= 0.6 is 0 Å². The molecule has 36 heavy (non-hydrogen) atoms. The molecule has 1 fully saturated rings. The highest BCUT2D eigenvalue weighted by Gasteiger charge is 2.31. The van der Waals surface area contributed by atoms with Gasteiger partial charge in [-0.15, -0.1) is 5.10 Å². The highest BCUT2D eigenvalue weighted by atomic mass is 16.5. The van der Waals surface area contributed by atoms with Crippen LogP contribution < -0.4 is 16.4 Å². The van der Waals surface area contributed by atoms with E-state index < -0.39 is 35.6 Å². The number of ether oxygens (including phenoxy) is 1. The monoisotopic (exact) mass is 500 g/mol. The number of aromatic nitrogens is 2. The Hall–Kier alpha value is -3.43. The summed E-state index contributed by atoms with van der Waals surface area (Å²) in [4.78, 5) is 50.8. The number of nitrogens with zero attached hydrogens (tertiary/aromatic N) is 2. The molecular formula is C26H36N4O6. The molecule has 196 valence electrons. The van der Waals surface area contributed by atoms with Crippen molar-refractivity contribution in [3.05, 3.63) is 52.3 Å². The fourth-order valence-corrected chi connectivity index (χ4v) is 3.77. The highest BCUT2D eigenvalue weighted by molar-refractivity contribution is 5.99. The molecule has 0 spiro atoms. The van der Waals surface area contributed by atoms with Gasteiger partial charge in [-0.2, -0.15) is 4.68 Å². The van der Waals surface area contributed by atoms with E-state index in [0.717, 1.165) is 24.8 Å². The minimum atomic E-state index is -0.929. The van der Waals surface area contributed by atoms with Crippen molar-refractivity contribution in [3.8, 4) is 0 Å². The average molecular weight is 501 g/mol. The maximum Gasteiger partial charge on any atom is 0.437 e. The fourth-order valence-electron chi connectivity index (χ4n) is 3.77. The van der Waals surface area contributed by atoms with Gasteiger partial charge in [0.05, 0.1) is 12.6 Å². The van der Waals surface area contributed by atoms with Gasteiger partial charge in [0.15, 0.2) is 0 Å². The molecule has 2 N–H and O–H groups in total. The minimum Gasteiger partial charge on any atom is -0.445 e. The van der Waals surface area contributed by atoms with Crippen molar-refractivity contribution >= 4 is 17.8 Å². The summed E-state index contributed by atoms with van der Waals surface area (Å²) in [5, 5.41) is 9.44. The van der Waals surface area contributed by atoms with Crippen molar-refractivity contribution in [1.82, 2.24) is 20.4 Å². The first-order valence-electron chi connectivity index (χ1n) is 12.7. The zero-order chi connectivity index (χ0) is 26.1. The Morgan fingerprint density at radius 2 is 1.86 bits per heavy atom. The predicted octanol–water partition coefficient (Wildman–Crippen LogP) is 3.45. The van der Waals surface area contributed by atoms with Crippen LogP contribution in [0.15, 0.2) is 39.5 Å². The van der Waals surface area contributed by atoms with E-state index in [4.69, 9.17) is 9.15 Å². The lowest BCUT2D eigenvalue weighted by Gasteiger charge is -2.23. The van der Waals surface area contributed by atoms with E-state index >= 15 is 0 Å². The second-order valence-electron chi connectivity index (χ2n) is 9.75. The van der Waals surface area contributed by atoms with Crippen LogP contribution in [0, 0.1) is 11.8 Å². The Bertz CT molecular complexity index is 1070. The van der Waals surface area contributed by atoms with E-state index in [1.165, 1.54) is 4.68 Å². The quantitative estimate of drug-likeness (QED) is 0.380. The molecular weight excluding hydrogens is 464 g/mol. The number of alkyl carbamates (subject to hydrolysis) is 1. The van der Waals surface area contributed by atoms with Crippen molar-refractivity contribution in [2.24, 2.45) is 11.8 Å². The molecule has 1 aliphatic rings. The molecule has 2 amide bonds. The van der Waals surface area contributed by atoms with E-state index in [2.05, 4.69) is 15.7 Å². The zero-order valence-electron chi connectivity index (χ0n) is 21.2. The molecule has 0 radical (unpaired) electrons. The van der Waals surface area contributed by atoms with Gasteiger partial charge in [-0.3, -0.25) is 9.59 Å². The van der Waals surface area contributed by atoms with E-state index in [0.29, 0.717) is 31.7 Å². The molecule has 0 bridgehead atoms. The van der Waals surface area contributed by atoms with Gasteiger partial charge in [0.2, 0.25) is 11.7 Å². The summed E-state index contributed by atoms with van der Waals surface area (Å²) in [5.74, 6) is -1.57. The number of hydrogen-bond donors (Lipinski definition) is 2. The molecule has 3 rings (SSSR count). The first-order valence-corrected chi connectivity index (χ1v) is 12.7. The van der Waals surface area contributed by atoms with Crippen molar-refractivity contribution < 1.29 is 23.5 Å². The topological polar surface area (TPSA) is 133 Å². The van der Waals surface area contributed by atoms with E-state index in [-0.39, 0.29) is 18.4 Å². The summed E-state index contributed by atoms with van der Waals surface area (Å²) in [5.41, 5.74) is 0.824. The molecule has 1 aliphatic carbocycles. The second kappa shape index (κ2) is 13.0. The van der Waals surface area contributed by atoms with Crippen molar-refractivity contribution in [3.63, 3.8) is 0 Å². The van der Waals surface area contributed by atoms with E-state index in [9.17, 15) is 19.2 Å². The SMILES string of the molecule is CCCC[C@H](NC(=O)[C@H](CC(C)C)NC(=O)OCc1ccccc1)C(=O)c1nn(CC2CC2)c(=O)o1. The number of amides is 2. The lowest BCUT2D eigenvalue weighted by Crippen LogP contribution is -2.52. The van der Waals surface area contributed by atoms with Gasteiger partial charge in [-0.05, 0) is 43.1 Å². The zero-order valence-corrected chi connectivity index (χ0v) is 21.2. The smallest absolute Gasteiger partial charge is 0.437 e. The minimum absolute atomic E-state index is 0.0723. The van der Waals surface area contributed by atoms with E-state index in [1.807, 2.05) is 51.1 Å². The number of benzene rings is 1. The van der Waals surface area contributed by atoms with Crippen molar-refractivity contribution in [1.29, 1.82) is 0 Å². The maximum atomic E-state index is 13.2. The Morgan fingerprint density at radius 1 is 1.14 bits per heavy atom. The molecule has 1 heterocycles. The Balaban J connectivity index is 1.66. The van der Waals surface area contributed by atoms with Gasteiger partial charge in [-0.1, -0.05) is 63.9 Å². The van der Waals surface area contributed by atoms with Gasteiger partial charge in [-0.25, -0.2) is 9.59 Å². The number of ketones is 1. The van der Waals surface area contributed by atoms with Crippen LogP contribution in [0.3, 0.4) is 0 Å². The Labute approximate surface area is 210 Å². The number of carbonyl (C=O) groups is 3. The maximum absolute atomic E-state index is 13.2. The molecule has 1 aromatic carbocycles. The summed E-state index contributed by atoms with van der Waals surface area (Å²) in [6, 6.07) is 7.39. The van der Waals surface area contributed by atoms with Crippen LogP contribution in [0.4, 0.5) is 4.79 Å². The fraction of sp³-hybridized carbons (Fsp3) is 0.577. The van der Waals surface area contributed by atoms with Crippen LogP contribution in [0.25, 0.3) is 0 Å². The van der Waals surface area contributed by atoms with Gasteiger partial charge in [0.1, 0.15) is 12.6 Å². The number of hydrogen-bond acceptors (Lipinski definition) is 7.